The largest absolute Gasteiger partial charge is 0.365 e. The predicted octanol–water partition coefficient (Wildman–Crippen LogP) is -0.205. The van der Waals surface area contributed by atoms with Crippen LogP contribution in [0.5, 0.6) is 0 Å². The van der Waals surface area contributed by atoms with Crippen molar-refractivity contribution in [2.75, 3.05) is 13.2 Å². The molecule has 5 rings (SSSR count). The smallest absolute Gasteiger partial charge is 0.252 e. The number of alkyl halides is 1. The van der Waals surface area contributed by atoms with Gasteiger partial charge in [0.2, 0.25) is 5.91 Å². The van der Waals surface area contributed by atoms with E-state index in [0.717, 1.165) is 12.8 Å². The molecule has 3 heterocycles. The predicted molar refractivity (Wildman–Crippen MR) is 115 cm³/mol. The van der Waals surface area contributed by atoms with Gasteiger partial charge in [0.05, 0.1) is 12.2 Å². The van der Waals surface area contributed by atoms with E-state index in [1.165, 1.54) is 15.9 Å². The van der Waals surface area contributed by atoms with Crippen molar-refractivity contribution in [3.63, 3.8) is 0 Å². The highest BCUT2D eigenvalue weighted by Gasteiger charge is 2.54. The molecule has 3 N–H and O–H groups in total. The summed E-state index contributed by atoms with van der Waals surface area (Å²) in [5.74, 6) is -1.40. The number of carbonyl (C=O) groups is 3. The van der Waals surface area contributed by atoms with Gasteiger partial charge < -0.3 is 20.7 Å². The number of hydrogen-bond donors (Lipinski definition) is 2. The molecule has 2 amide bonds. The number of amides is 2. The Labute approximate surface area is 194 Å². The van der Waals surface area contributed by atoms with Crippen molar-refractivity contribution >= 4 is 17.6 Å². The van der Waals surface area contributed by atoms with Crippen molar-refractivity contribution in [3.8, 4) is 5.69 Å². The summed E-state index contributed by atoms with van der Waals surface area (Å²) in [4.78, 5) is 40.5. The molecule has 0 unspecified atom stereocenters. The molecule has 1 aliphatic carbocycles. The molecular formula is C22H26FN7O4. The molecule has 1 aromatic carbocycles. The van der Waals surface area contributed by atoms with Gasteiger partial charge in [-0.1, -0.05) is 6.07 Å². The van der Waals surface area contributed by atoms with Crippen molar-refractivity contribution in [1.29, 1.82) is 0 Å². The van der Waals surface area contributed by atoms with Crippen LogP contribution in [0.2, 0.25) is 0 Å². The molecule has 3 fully saturated rings. The van der Waals surface area contributed by atoms with Crippen LogP contribution in [0.3, 0.4) is 0 Å². The molecule has 1 saturated carbocycles. The maximum absolute atomic E-state index is 14.5. The minimum atomic E-state index is -1.44. The molecule has 0 spiro atoms. The van der Waals surface area contributed by atoms with Crippen LogP contribution < -0.4 is 11.1 Å². The second kappa shape index (κ2) is 9.18. The summed E-state index contributed by atoms with van der Waals surface area (Å²) in [5.41, 5.74) is 6.95. The van der Waals surface area contributed by atoms with Crippen LogP contribution >= 0.6 is 0 Å². The second-order valence-electron chi connectivity index (χ2n) is 9.12. The molecule has 12 heteroatoms. The number of benzene rings is 1. The summed E-state index contributed by atoms with van der Waals surface area (Å²) in [5, 5.41) is 13.9. The highest BCUT2D eigenvalue weighted by atomic mass is 19.1. The van der Waals surface area contributed by atoms with Gasteiger partial charge in [0.15, 0.2) is 5.78 Å². The summed E-state index contributed by atoms with van der Waals surface area (Å²) in [6, 6.07) is 4.87. The zero-order valence-corrected chi connectivity index (χ0v) is 18.4. The van der Waals surface area contributed by atoms with Crippen molar-refractivity contribution < 1.29 is 23.5 Å². The van der Waals surface area contributed by atoms with Crippen molar-refractivity contribution in [1.82, 2.24) is 30.4 Å². The van der Waals surface area contributed by atoms with E-state index in [1.54, 1.807) is 24.3 Å². The van der Waals surface area contributed by atoms with Gasteiger partial charge in [-0.05, 0) is 60.2 Å². The molecule has 180 valence electrons. The number of rotatable bonds is 5. The topological polar surface area (TPSA) is 145 Å². The van der Waals surface area contributed by atoms with Gasteiger partial charge in [-0.15, -0.1) is 5.10 Å². The molecule has 0 radical (unpaired) electrons. The van der Waals surface area contributed by atoms with Gasteiger partial charge in [0, 0.05) is 11.6 Å². The number of aromatic nitrogens is 4. The van der Waals surface area contributed by atoms with Gasteiger partial charge in [-0.25, -0.2) is 9.07 Å². The van der Waals surface area contributed by atoms with Crippen LogP contribution in [0, 0.1) is 5.92 Å². The first-order valence-electron chi connectivity index (χ1n) is 11.4. The first-order valence-corrected chi connectivity index (χ1v) is 11.4. The fourth-order valence-electron chi connectivity index (χ4n) is 5.16. The Hall–Kier alpha value is -3.25. The Morgan fingerprint density at radius 2 is 2.03 bits per heavy atom. The second-order valence-corrected chi connectivity index (χ2v) is 9.12. The lowest BCUT2D eigenvalue weighted by molar-refractivity contribution is -0.139. The molecule has 1 aromatic heterocycles. The molecular weight excluding hydrogens is 445 g/mol. The summed E-state index contributed by atoms with van der Waals surface area (Å²) in [7, 11) is 0. The zero-order valence-electron chi connectivity index (χ0n) is 18.4. The van der Waals surface area contributed by atoms with Gasteiger partial charge in [-0.3, -0.25) is 14.4 Å². The third kappa shape index (κ3) is 4.18. The Kier molecular flexibility index (Phi) is 6.09. The van der Waals surface area contributed by atoms with E-state index >= 15 is 0 Å². The van der Waals surface area contributed by atoms with E-state index in [0.29, 0.717) is 24.1 Å². The number of carbonyl (C=O) groups excluding carboxylic acids is 3. The van der Waals surface area contributed by atoms with Gasteiger partial charge in [0.25, 0.3) is 5.91 Å². The first-order chi connectivity index (χ1) is 16.4. The summed E-state index contributed by atoms with van der Waals surface area (Å²) in [6.07, 6.45) is 1.76. The minimum Gasteiger partial charge on any atom is -0.365 e. The standard InChI is InChI=1S/C22H26FN7O4/c23-16-9-29(19-17(31)10-34-20(16)19)22(33)18(12-4-6-14(24)7-5-12)26-21(32)13-2-1-3-15(8-13)30-11-25-27-28-30/h1-3,8,11-12,14,16,18-20H,4-7,9-10,24H2,(H,26,32)/t12?,14?,16-,18-,19+,20+/m0/s1. The third-order valence-electron chi connectivity index (χ3n) is 6.97. The molecule has 4 atom stereocenters. The number of hydrogen-bond acceptors (Lipinski definition) is 8. The van der Waals surface area contributed by atoms with Crippen LogP contribution in [0.15, 0.2) is 30.6 Å². The van der Waals surface area contributed by atoms with Crippen molar-refractivity contribution in [2.45, 2.75) is 56.1 Å². The number of halogens is 1. The normalized spacial score (nSPS) is 29.6. The lowest BCUT2D eigenvalue weighted by Gasteiger charge is -2.35. The number of Topliss-reactive ketones (excluding diaryl/α,β-unsaturated/α-hetero) is 1. The first kappa shape index (κ1) is 22.5. The fraction of sp³-hybridized carbons (Fsp3) is 0.545. The zero-order chi connectivity index (χ0) is 23.8. The lowest BCUT2D eigenvalue weighted by Crippen LogP contribution is -2.55. The van der Waals surface area contributed by atoms with E-state index in [4.69, 9.17) is 10.5 Å². The Morgan fingerprint density at radius 3 is 2.76 bits per heavy atom. The van der Waals surface area contributed by atoms with Crippen LogP contribution in [0.25, 0.3) is 5.69 Å². The summed E-state index contributed by atoms with van der Waals surface area (Å²) < 4.78 is 21.2. The monoisotopic (exact) mass is 471 g/mol. The lowest BCUT2D eigenvalue weighted by atomic mass is 9.81. The van der Waals surface area contributed by atoms with Gasteiger partial charge in [-0.2, -0.15) is 0 Å². The molecule has 0 bridgehead atoms. The maximum atomic E-state index is 14.5. The number of nitrogens with zero attached hydrogens (tertiary/aromatic N) is 5. The third-order valence-corrected chi connectivity index (χ3v) is 6.97. The average Bonchev–Trinajstić information content (AvgIpc) is 3.58. The van der Waals surface area contributed by atoms with Crippen LogP contribution in [0.4, 0.5) is 4.39 Å². The van der Waals surface area contributed by atoms with Crippen molar-refractivity contribution in [3.05, 3.63) is 36.2 Å². The maximum Gasteiger partial charge on any atom is 0.252 e. The highest BCUT2D eigenvalue weighted by Crippen LogP contribution is 2.33. The number of fused-ring (bicyclic) bond motifs is 1. The average molecular weight is 471 g/mol. The number of likely N-dealkylation sites (tertiary alicyclic amines) is 1. The van der Waals surface area contributed by atoms with Crippen LogP contribution in [0.1, 0.15) is 36.0 Å². The van der Waals surface area contributed by atoms with E-state index in [9.17, 15) is 18.8 Å². The number of nitrogens with one attached hydrogen (secondary N) is 1. The Balaban J connectivity index is 1.39. The SMILES string of the molecule is NC1CCC([C@H](NC(=O)c2cccc(-n3cnnn3)c2)C(=O)N2C[C@H](F)[C@H]3OCC(=O)[C@H]32)CC1. The Bertz CT molecular complexity index is 1070. The minimum absolute atomic E-state index is 0.0480. The summed E-state index contributed by atoms with van der Waals surface area (Å²) >= 11 is 0. The van der Waals surface area contributed by atoms with Crippen LogP contribution in [-0.4, -0.2) is 86.3 Å². The van der Waals surface area contributed by atoms with Crippen LogP contribution in [-0.2, 0) is 14.3 Å². The molecule has 2 aliphatic heterocycles. The fourth-order valence-corrected chi connectivity index (χ4v) is 5.16. The quantitative estimate of drug-likeness (QED) is 0.610. The molecule has 11 nitrogen and oxygen atoms in total. The van der Waals surface area contributed by atoms with Gasteiger partial charge >= 0.3 is 0 Å². The van der Waals surface area contributed by atoms with E-state index in [-0.39, 0.29) is 30.9 Å². The molecule has 2 saturated heterocycles. The highest BCUT2D eigenvalue weighted by molar-refractivity contribution is 5.99. The number of tetrazole rings is 1. The number of ether oxygens (including phenoxy) is 1. The number of ketones is 1. The summed E-state index contributed by atoms with van der Waals surface area (Å²) in [6.45, 7) is -0.438. The van der Waals surface area contributed by atoms with Crippen molar-refractivity contribution in [2.24, 2.45) is 11.7 Å². The van der Waals surface area contributed by atoms with E-state index in [2.05, 4.69) is 20.8 Å². The molecule has 3 aliphatic rings. The number of nitrogens with two attached hydrogens (primary N) is 1. The molecule has 34 heavy (non-hydrogen) atoms. The molecule has 2 aromatic rings. The van der Waals surface area contributed by atoms with E-state index in [1.807, 2.05) is 0 Å². The van der Waals surface area contributed by atoms with Gasteiger partial charge in [0.1, 0.15) is 37.3 Å². The Morgan fingerprint density at radius 1 is 1.24 bits per heavy atom. The van der Waals surface area contributed by atoms with E-state index < -0.39 is 36.2 Å².